The predicted molar refractivity (Wildman–Crippen MR) is 78.9 cm³/mol. The number of rotatable bonds is 9. The van der Waals surface area contributed by atoms with E-state index in [1.807, 2.05) is 0 Å². The van der Waals surface area contributed by atoms with Gasteiger partial charge in [0.15, 0.2) is 0 Å². The van der Waals surface area contributed by atoms with Crippen molar-refractivity contribution in [2.45, 2.75) is 52.4 Å². The minimum absolute atomic E-state index is 0.212. The van der Waals surface area contributed by atoms with E-state index in [9.17, 15) is 9.59 Å². The van der Waals surface area contributed by atoms with Gasteiger partial charge in [-0.05, 0) is 31.6 Å². The maximum absolute atomic E-state index is 12.0. The minimum Gasteiger partial charge on any atom is -0.481 e. The maximum atomic E-state index is 12.0. The van der Waals surface area contributed by atoms with Gasteiger partial charge < -0.3 is 14.6 Å². The van der Waals surface area contributed by atoms with Gasteiger partial charge in [-0.15, -0.1) is 0 Å². The van der Waals surface area contributed by atoms with Crippen molar-refractivity contribution in [2.24, 2.45) is 17.8 Å². The predicted octanol–water partition coefficient (Wildman–Crippen LogP) is 2.87. The van der Waals surface area contributed by atoms with Crippen LogP contribution >= 0.6 is 0 Å². The van der Waals surface area contributed by atoms with Crippen LogP contribution in [0.2, 0.25) is 0 Å². The van der Waals surface area contributed by atoms with E-state index in [0.29, 0.717) is 32.0 Å². The van der Waals surface area contributed by atoms with Gasteiger partial charge in [0.2, 0.25) is 0 Å². The number of aliphatic carboxylic acids is 1. The molecule has 2 unspecified atom stereocenters. The normalized spacial score (nSPS) is 22.2. The Balaban J connectivity index is 2.16. The van der Waals surface area contributed by atoms with Crippen molar-refractivity contribution in [1.82, 2.24) is 0 Å². The molecule has 0 aromatic rings. The van der Waals surface area contributed by atoms with Gasteiger partial charge >= 0.3 is 11.9 Å². The first kappa shape index (κ1) is 18.0. The minimum atomic E-state index is -0.887. The lowest BCUT2D eigenvalue weighted by Crippen LogP contribution is -2.34. The summed E-state index contributed by atoms with van der Waals surface area (Å²) in [7, 11) is 0. The van der Waals surface area contributed by atoms with Crippen LogP contribution in [0.4, 0.5) is 0 Å². The summed E-state index contributed by atoms with van der Waals surface area (Å²) in [5.41, 5.74) is 0. The molecule has 1 aliphatic rings. The zero-order valence-corrected chi connectivity index (χ0v) is 13.2. The zero-order valence-electron chi connectivity index (χ0n) is 13.2. The van der Waals surface area contributed by atoms with Crippen LogP contribution in [0.25, 0.3) is 0 Å². The second-order valence-corrected chi connectivity index (χ2v) is 6.15. The molecule has 1 rings (SSSR count). The number of carboxylic acids is 1. The van der Waals surface area contributed by atoms with Gasteiger partial charge in [-0.2, -0.15) is 0 Å². The highest BCUT2D eigenvalue weighted by molar-refractivity contribution is 5.81. The molecule has 1 aliphatic carbocycles. The van der Waals surface area contributed by atoms with Gasteiger partial charge in [0, 0.05) is 6.61 Å². The molecule has 1 fully saturated rings. The fourth-order valence-corrected chi connectivity index (χ4v) is 2.71. The first-order chi connectivity index (χ1) is 10.0. The van der Waals surface area contributed by atoms with Crippen LogP contribution < -0.4 is 0 Å². The lowest BCUT2D eigenvalue weighted by Gasteiger charge is -2.26. The third kappa shape index (κ3) is 6.93. The molecule has 21 heavy (non-hydrogen) atoms. The number of carboxylic acid groups (broad SMARTS) is 1. The van der Waals surface area contributed by atoms with Crippen molar-refractivity contribution < 1.29 is 24.2 Å². The number of hydrogen-bond donors (Lipinski definition) is 1. The van der Waals surface area contributed by atoms with Crippen molar-refractivity contribution in [1.29, 1.82) is 0 Å². The molecule has 0 saturated heterocycles. The van der Waals surface area contributed by atoms with E-state index in [4.69, 9.17) is 14.6 Å². The first-order valence-corrected chi connectivity index (χ1v) is 7.99. The monoisotopic (exact) mass is 300 g/mol. The van der Waals surface area contributed by atoms with E-state index in [1.54, 1.807) is 0 Å². The maximum Gasteiger partial charge on any atom is 0.309 e. The molecule has 5 heteroatoms. The van der Waals surface area contributed by atoms with E-state index in [0.717, 1.165) is 25.7 Å². The van der Waals surface area contributed by atoms with Crippen LogP contribution in [0.15, 0.2) is 0 Å². The summed E-state index contributed by atoms with van der Waals surface area (Å²) >= 11 is 0. The van der Waals surface area contributed by atoms with E-state index >= 15 is 0 Å². The van der Waals surface area contributed by atoms with Crippen LogP contribution in [-0.4, -0.2) is 36.9 Å². The summed E-state index contributed by atoms with van der Waals surface area (Å²) in [6, 6.07) is 0. The Morgan fingerprint density at radius 2 is 1.76 bits per heavy atom. The molecule has 0 bridgehead atoms. The molecule has 0 aromatic carbocycles. The summed E-state index contributed by atoms with van der Waals surface area (Å²) in [6.07, 6.45) is 5.10. The SMILES string of the molecule is CC(C)CCCOCCOC(=O)C1CCCCC1C(=O)O. The lowest BCUT2D eigenvalue weighted by atomic mass is 9.79. The highest BCUT2D eigenvalue weighted by atomic mass is 16.6. The summed E-state index contributed by atoms with van der Waals surface area (Å²) in [6.45, 7) is 5.62. The van der Waals surface area contributed by atoms with E-state index < -0.39 is 17.8 Å². The Bertz CT molecular complexity index is 327. The standard InChI is InChI=1S/C16H28O5/c1-12(2)6-5-9-20-10-11-21-16(19)14-8-4-3-7-13(14)15(17)18/h12-14H,3-11H2,1-2H3,(H,17,18). The van der Waals surface area contributed by atoms with Gasteiger partial charge in [-0.25, -0.2) is 0 Å². The number of hydrogen-bond acceptors (Lipinski definition) is 4. The first-order valence-electron chi connectivity index (χ1n) is 7.99. The average Bonchev–Trinajstić information content (AvgIpc) is 2.45. The van der Waals surface area contributed by atoms with Crippen molar-refractivity contribution in [2.75, 3.05) is 19.8 Å². The van der Waals surface area contributed by atoms with Gasteiger partial charge in [0.05, 0.1) is 18.4 Å². The van der Waals surface area contributed by atoms with Gasteiger partial charge in [-0.1, -0.05) is 26.7 Å². The Labute approximate surface area is 127 Å². The molecule has 122 valence electrons. The Kier molecular flexibility index (Phi) is 8.35. The molecule has 2 atom stereocenters. The Morgan fingerprint density at radius 3 is 2.38 bits per heavy atom. The topological polar surface area (TPSA) is 72.8 Å². The number of carbonyl (C=O) groups excluding carboxylic acids is 1. The Hall–Kier alpha value is -1.10. The van der Waals surface area contributed by atoms with Gasteiger partial charge in [0.1, 0.15) is 6.61 Å². The van der Waals surface area contributed by atoms with Crippen LogP contribution in [-0.2, 0) is 19.1 Å². The summed E-state index contributed by atoms with van der Waals surface area (Å²) in [5.74, 6) is -1.67. The average molecular weight is 300 g/mol. The molecule has 0 spiro atoms. The largest absolute Gasteiger partial charge is 0.481 e. The number of carbonyl (C=O) groups is 2. The second-order valence-electron chi connectivity index (χ2n) is 6.15. The lowest BCUT2D eigenvalue weighted by molar-refractivity contribution is -0.160. The van der Waals surface area contributed by atoms with Crippen molar-refractivity contribution in [3.63, 3.8) is 0 Å². The number of esters is 1. The van der Waals surface area contributed by atoms with Crippen LogP contribution in [0.5, 0.6) is 0 Å². The molecule has 0 heterocycles. The second kappa shape index (κ2) is 9.77. The van der Waals surface area contributed by atoms with Crippen molar-refractivity contribution in [3.8, 4) is 0 Å². The zero-order chi connectivity index (χ0) is 15.7. The van der Waals surface area contributed by atoms with Crippen LogP contribution in [0.1, 0.15) is 52.4 Å². The fraction of sp³-hybridized carbons (Fsp3) is 0.875. The molecule has 1 saturated carbocycles. The Morgan fingerprint density at radius 1 is 1.10 bits per heavy atom. The summed E-state index contributed by atoms with van der Waals surface area (Å²) < 4.78 is 10.6. The molecular weight excluding hydrogens is 272 g/mol. The summed E-state index contributed by atoms with van der Waals surface area (Å²) in [4.78, 5) is 23.1. The highest BCUT2D eigenvalue weighted by Crippen LogP contribution is 2.31. The third-order valence-electron chi connectivity index (χ3n) is 3.93. The molecular formula is C16H28O5. The van der Waals surface area contributed by atoms with Crippen molar-refractivity contribution >= 4 is 11.9 Å². The van der Waals surface area contributed by atoms with E-state index in [-0.39, 0.29) is 12.6 Å². The van der Waals surface area contributed by atoms with E-state index in [2.05, 4.69) is 13.8 Å². The molecule has 0 aromatic heterocycles. The van der Waals surface area contributed by atoms with Gasteiger partial charge in [-0.3, -0.25) is 9.59 Å². The van der Waals surface area contributed by atoms with E-state index in [1.165, 1.54) is 0 Å². The van der Waals surface area contributed by atoms with Crippen molar-refractivity contribution in [3.05, 3.63) is 0 Å². The number of ether oxygens (including phenoxy) is 2. The van der Waals surface area contributed by atoms with Crippen LogP contribution in [0, 0.1) is 17.8 Å². The van der Waals surface area contributed by atoms with Gasteiger partial charge in [0.25, 0.3) is 0 Å². The summed E-state index contributed by atoms with van der Waals surface area (Å²) in [5, 5.41) is 9.14. The van der Waals surface area contributed by atoms with Crippen LogP contribution in [0.3, 0.4) is 0 Å². The highest BCUT2D eigenvalue weighted by Gasteiger charge is 2.36. The smallest absolute Gasteiger partial charge is 0.309 e. The quantitative estimate of drug-likeness (QED) is 0.523. The fourth-order valence-electron chi connectivity index (χ4n) is 2.71. The molecule has 0 aliphatic heterocycles. The molecule has 1 N–H and O–H groups in total. The third-order valence-corrected chi connectivity index (χ3v) is 3.93. The molecule has 5 nitrogen and oxygen atoms in total. The molecule has 0 radical (unpaired) electrons. The molecule has 0 amide bonds.